The van der Waals surface area contributed by atoms with Crippen LogP contribution in [0.2, 0.25) is 0 Å². The van der Waals surface area contributed by atoms with E-state index in [0.717, 1.165) is 17.5 Å². The quantitative estimate of drug-likeness (QED) is 0.649. The third-order valence-corrected chi connectivity index (χ3v) is 4.72. The monoisotopic (exact) mass is 334 g/mol. The Morgan fingerprint density at radius 1 is 1.00 bits per heavy atom. The number of nitrogens with one attached hydrogen (secondary N) is 1. The van der Waals surface area contributed by atoms with E-state index in [0.29, 0.717) is 5.71 Å². The molecular formula is C21H22N2O2. The van der Waals surface area contributed by atoms with Crippen molar-refractivity contribution in [2.45, 2.75) is 32.1 Å². The van der Waals surface area contributed by atoms with Crippen LogP contribution >= 0.6 is 0 Å². The maximum Gasteiger partial charge on any atom is 0.244 e. The van der Waals surface area contributed by atoms with Gasteiger partial charge in [0, 0.05) is 17.5 Å². The van der Waals surface area contributed by atoms with Gasteiger partial charge in [0.1, 0.15) is 5.78 Å². The van der Waals surface area contributed by atoms with Gasteiger partial charge in [0.25, 0.3) is 0 Å². The zero-order chi connectivity index (χ0) is 17.9. The SMILES string of the molecule is CC(=O)C/C(C)=N\NC(=O)[C@H]1CC1(c1ccccc1)c1ccccc1. The summed E-state index contributed by atoms with van der Waals surface area (Å²) in [5.74, 6) is -0.230. The molecule has 0 aliphatic heterocycles. The molecule has 4 nitrogen and oxygen atoms in total. The molecule has 1 amide bonds. The van der Waals surface area contributed by atoms with E-state index < -0.39 is 0 Å². The summed E-state index contributed by atoms with van der Waals surface area (Å²) in [5, 5.41) is 4.07. The van der Waals surface area contributed by atoms with Gasteiger partial charge in [-0.05, 0) is 31.4 Å². The first kappa shape index (κ1) is 17.1. The lowest BCUT2D eigenvalue weighted by Crippen LogP contribution is -2.26. The molecule has 0 unspecified atom stereocenters. The highest BCUT2D eigenvalue weighted by Crippen LogP contribution is 2.58. The summed E-state index contributed by atoms with van der Waals surface area (Å²) in [5.41, 5.74) is 5.25. The summed E-state index contributed by atoms with van der Waals surface area (Å²) in [4.78, 5) is 23.8. The van der Waals surface area contributed by atoms with E-state index in [2.05, 4.69) is 34.8 Å². The zero-order valence-electron chi connectivity index (χ0n) is 14.5. The summed E-state index contributed by atoms with van der Waals surface area (Å²) in [6.07, 6.45) is 1.02. The van der Waals surface area contributed by atoms with Gasteiger partial charge in [-0.15, -0.1) is 0 Å². The van der Waals surface area contributed by atoms with E-state index in [4.69, 9.17) is 0 Å². The minimum Gasteiger partial charge on any atom is -0.300 e. The summed E-state index contributed by atoms with van der Waals surface area (Å²) in [6, 6.07) is 20.3. The predicted molar refractivity (Wildman–Crippen MR) is 98.3 cm³/mol. The molecule has 128 valence electrons. The van der Waals surface area contributed by atoms with E-state index in [-0.39, 0.29) is 29.4 Å². The largest absolute Gasteiger partial charge is 0.300 e. The Kier molecular flexibility index (Phi) is 4.79. The Balaban J connectivity index is 1.83. The van der Waals surface area contributed by atoms with E-state index in [1.54, 1.807) is 6.92 Å². The molecule has 1 N–H and O–H groups in total. The van der Waals surface area contributed by atoms with Crippen LogP contribution in [0.5, 0.6) is 0 Å². The lowest BCUT2D eigenvalue weighted by atomic mass is 9.85. The standard InChI is InChI=1S/C21H22N2O2/c1-15(13-16(2)24)22-23-20(25)19-14-21(19,17-9-5-3-6-10-17)18-11-7-4-8-12-18/h3-12,19H,13-14H2,1-2H3,(H,23,25)/b22-15-/t19-/m1/s1. The number of hydrogen-bond donors (Lipinski definition) is 1. The smallest absolute Gasteiger partial charge is 0.244 e. The average Bonchev–Trinajstić information content (AvgIpc) is 3.38. The van der Waals surface area contributed by atoms with Gasteiger partial charge < -0.3 is 0 Å². The van der Waals surface area contributed by atoms with Crippen molar-refractivity contribution in [3.63, 3.8) is 0 Å². The minimum absolute atomic E-state index is 0.0323. The van der Waals surface area contributed by atoms with Crippen molar-refractivity contribution in [3.8, 4) is 0 Å². The zero-order valence-corrected chi connectivity index (χ0v) is 14.5. The van der Waals surface area contributed by atoms with Crippen molar-refractivity contribution in [3.05, 3.63) is 71.8 Å². The Morgan fingerprint density at radius 3 is 2.00 bits per heavy atom. The number of benzene rings is 2. The van der Waals surface area contributed by atoms with Gasteiger partial charge in [0.2, 0.25) is 5.91 Å². The second-order valence-electron chi connectivity index (χ2n) is 6.66. The van der Waals surface area contributed by atoms with Gasteiger partial charge in [-0.3, -0.25) is 9.59 Å². The van der Waals surface area contributed by atoms with Crippen LogP contribution in [0.3, 0.4) is 0 Å². The number of nitrogens with zero attached hydrogens (tertiary/aromatic N) is 1. The minimum atomic E-state index is -0.295. The van der Waals surface area contributed by atoms with Crippen LogP contribution in [0.4, 0.5) is 0 Å². The van der Waals surface area contributed by atoms with Crippen LogP contribution in [0.1, 0.15) is 37.8 Å². The lowest BCUT2D eigenvalue weighted by Gasteiger charge is -2.18. The van der Waals surface area contributed by atoms with E-state index in [1.165, 1.54) is 6.92 Å². The van der Waals surface area contributed by atoms with E-state index >= 15 is 0 Å². The highest BCUT2D eigenvalue weighted by molar-refractivity contribution is 6.00. The molecule has 0 heterocycles. The molecule has 1 fully saturated rings. The Labute approximate surface area is 148 Å². The summed E-state index contributed by atoms with van der Waals surface area (Å²) in [7, 11) is 0. The molecule has 1 aliphatic rings. The molecule has 3 rings (SSSR count). The van der Waals surface area contributed by atoms with Crippen molar-refractivity contribution < 1.29 is 9.59 Å². The molecule has 1 saturated carbocycles. The number of hydrogen-bond acceptors (Lipinski definition) is 3. The number of hydrazone groups is 1. The fourth-order valence-corrected chi connectivity index (χ4v) is 3.48. The number of ketones is 1. The Morgan fingerprint density at radius 2 is 1.52 bits per heavy atom. The molecule has 2 aromatic rings. The van der Waals surface area contributed by atoms with Crippen LogP contribution in [0.15, 0.2) is 65.8 Å². The predicted octanol–water partition coefficient (Wildman–Crippen LogP) is 3.46. The normalized spacial score (nSPS) is 18.5. The molecule has 0 spiro atoms. The molecule has 2 aromatic carbocycles. The first-order valence-corrected chi connectivity index (χ1v) is 8.47. The van der Waals surface area contributed by atoms with Crippen LogP contribution in [0, 0.1) is 5.92 Å². The number of carbonyl (C=O) groups is 2. The molecular weight excluding hydrogens is 312 g/mol. The summed E-state index contributed by atoms with van der Waals surface area (Å²) < 4.78 is 0. The first-order valence-electron chi connectivity index (χ1n) is 8.47. The van der Waals surface area contributed by atoms with Crippen molar-refractivity contribution in [1.29, 1.82) is 0 Å². The fraction of sp³-hybridized carbons (Fsp3) is 0.286. The maximum atomic E-state index is 12.7. The first-order chi connectivity index (χ1) is 12.0. The molecule has 1 aliphatic carbocycles. The van der Waals surface area contributed by atoms with Gasteiger partial charge in [0.15, 0.2) is 0 Å². The van der Waals surface area contributed by atoms with Crippen molar-refractivity contribution in [2.24, 2.45) is 11.0 Å². The Hall–Kier alpha value is -2.75. The second kappa shape index (κ2) is 7.01. The number of amides is 1. The highest BCUT2D eigenvalue weighted by Gasteiger charge is 2.60. The van der Waals surface area contributed by atoms with Crippen LogP contribution in [0.25, 0.3) is 0 Å². The van der Waals surface area contributed by atoms with Crippen LogP contribution in [-0.2, 0) is 15.0 Å². The average molecular weight is 334 g/mol. The van der Waals surface area contributed by atoms with Gasteiger partial charge in [-0.2, -0.15) is 5.10 Å². The van der Waals surface area contributed by atoms with E-state index in [1.807, 2.05) is 36.4 Å². The highest BCUT2D eigenvalue weighted by atomic mass is 16.2. The topological polar surface area (TPSA) is 58.5 Å². The summed E-state index contributed by atoms with van der Waals surface area (Å²) in [6.45, 7) is 3.26. The molecule has 0 bridgehead atoms. The van der Waals surface area contributed by atoms with Gasteiger partial charge in [-0.25, -0.2) is 5.43 Å². The molecule has 25 heavy (non-hydrogen) atoms. The molecule has 1 atom stereocenters. The van der Waals surface area contributed by atoms with Gasteiger partial charge in [-0.1, -0.05) is 60.7 Å². The van der Waals surface area contributed by atoms with Gasteiger partial charge in [0.05, 0.1) is 5.92 Å². The fourth-order valence-electron chi connectivity index (χ4n) is 3.48. The number of rotatable bonds is 6. The molecule has 4 heteroatoms. The summed E-state index contributed by atoms with van der Waals surface area (Å²) >= 11 is 0. The lowest BCUT2D eigenvalue weighted by molar-refractivity contribution is -0.122. The van der Waals surface area contributed by atoms with E-state index in [9.17, 15) is 9.59 Å². The second-order valence-corrected chi connectivity index (χ2v) is 6.66. The number of Topliss-reactive ketones (excluding diaryl/α,β-unsaturated/α-hetero) is 1. The third-order valence-electron chi connectivity index (χ3n) is 4.72. The van der Waals surface area contributed by atoms with Crippen LogP contribution < -0.4 is 5.43 Å². The van der Waals surface area contributed by atoms with Crippen molar-refractivity contribution >= 4 is 17.4 Å². The van der Waals surface area contributed by atoms with Crippen LogP contribution in [-0.4, -0.2) is 17.4 Å². The van der Waals surface area contributed by atoms with Crippen molar-refractivity contribution in [2.75, 3.05) is 0 Å². The molecule has 0 saturated heterocycles. The number of carbonyl (C=O) groups excluding carboxylic acids is 2. The molecule has 0 radical (unpaired) electrons. The Bertz CT molecular complexity index is 758. The van der Waals surface area contributed by atoms with Gasteiger partial charge >= 0.3 is 0 Å². The maximum absolute atomic E-state index is 12.7. The molecule has 0 aromatic heterocycles. The third kappa shape index (κ3) is 3.53. The van der Waals surface area contributed by atoms with Crippen molar-refractivity contribution in [1.82, 2.24) is 5.43 Å².